The summed E-state index contributed by atoms with van der Waals surface area (Å²) in [7, 11) is -1.51. The number of morpholine rings is 1. The maximum Gasteiger partial charge on any atom is 0.408 e. The number of anilines is 1. The average Bonchev–Trinajstić information content (AvgIpc) is 3.56. The van der Waals surface area contributed by atoms with Gasteiger partial charge < -0.3 is 29.3 Å². The molecule has 7 rings (SSSR count). The number of rotatable bonds is 9. The first-order chi connectivity index (χ1) is 29.4. The molecule has 5 atom stereocenters. The van der Waals surface area contributed by atoms with Crippen molar-refractivity contribution in [3.05, 3.63) is 35.7 Å². The molecule has 1 saturated carbocycles. The zero-order valence-corrected chi connectivity index (χ0v) is 38.4. The van der Waals surface area contributed by atoms with E-state index in [0.29, 0.717) is 44.0 Å². The highest BCUT2D eigenvalue weighted by Gasteiger charge is 2.61. The number of carbonyl (C=O) groups is 4. The second kappa shape index (κ2) is 18.3. The molecule has 0 bridgehead atoms. The van der Waals surface area contributed by atoms with Crippen molar-refractivity contribution in [1.29, 1.82) is 0 Å². The van der Waals surface area contributed by atoms with Crippen molar-refractivity contribution in [2.45, 2.75) is 116 Å². The molecule has 1 aromatic carbocycles. The first kappa shape index (κ1) is 45.4. The Bertz CT molecular complexity index is 2300. The number of nitrogens with zero attached hydrogens (tertiary/aromatic N) is 6. The van der Waals surface area contributed by atoms with Gasteiger partial charge in [-0.1, -0.05) is 37.1 Å². The van der Waals surface area contributed by atoms with Crippen molar-refractivity contribution in [2.24, 2.45) is 11.3 Å². The van der Waals surface area contributed by atoms with E-state index in [1.54, 1.807) is 32.1 Å². The van der Waals surface area contributed by atoms with Crippen molar-refractivity contribution in [3.63, 3.8) is 0 Å². The molecule has 3 aromatic rings. The number of allylic oxidation sites excluding steroid dienone is 2. The highest BCUT2D eigenvalue weighted by Crippen LogP contribution is 2.57. The lowest BCUT2D eigenvalue weighted by atomic mass is 9.91. The van der Waals surface area contributed by atoms with E-state index in [-0.39, 0.29) is 37.8 Å². The third-order valence-electron chi connectivity index (χ3n) is 11.9. The van der Waals surface area contributed by atoms with E-state index in [2.05, 4.69) is 14.9 Å². The van der Waals surface area contributed by atoms with Gasteiger partial charge in [0.05, 0.1) is 42.4 Å². The number of para-hydroxylation sites is 1. The fourth-order valence-corrected chi connectivity index (χ4v) is 10.1. The van der Waals surface area contributed by atoms with E-state index in [0.717, 1.165) is 52.1 Å². The van der Waals surface area contributed by atoms with Crippen molar-refractivity contribution < 1.29 is 41.8 Å². The van der Waals surface area contributed by atoms with Crippen LogP contribution in [-0.4, -0.2) is 127 Å². The first-order valence-corrected chi connectivity index (χ1v) is 23.9. The molecule has 2 N–H and O–H groups in total. The number of Topliss-reactive ketones (excluding diaryl/α,β-unsaturated/α-hetero) is 1. The molecule has 3 amide bonds. The number of alkyl carbamates (subject to hydrolysis) is 1. The number of nitrogens with one attached hydrogen (secondary N) is 2. The quantitative estimate of drug-likeness (QED) is 0.266. The number of fused-ring (bicyclic) bond motifs is 3. The van der Waals surface area contributed by atoms with Gasteiger partial charge in [0.15, 0.2) is 10.9 Å². The molecule has 2 aromatic heterocycles. The number of hydrogen-bond donors (Lipinski definition) is 2. The van der Waals surface area contributed by atoms with Crippen LogP contribution >= 0.6 is 11.3 Å². The number of ketones is 1. The number of amides is 3. The molecular weight excluding hydrogens is 837 g/mol. The van der Waals surface area contributed by atoms with Gasteiger partial charge in [-0.3, -0.25) is 19.0 Å². The standard InChI is InChI=1S/C43H60N8O9S2/c1-27(2)51-33-17-13-15-30(32-26-61-40(44-32)49-18-20-58-21-19-49)36(33)46-39(51)59-29-22-34-35(52)24-43(38(54)47-62(56,57)48(6)7)23-28(43)14-11-9-8-10-12-16-31(37(53)50(34)25-29)45-41(55)60-42(3,4)5/h11,13-15,17,26-29,31,34H,8-10,12,16,18-25H2,1-7H3,(H,45,55)(H,47,54)/b14-11-/t28-,29-,31+,34+,43-/m1/s1. The van der Waals surface area contributed by atoms with Gasteiger partial charge in [-0.25, -0.2) is 14.5 Å². The monoisotopic (exact) mass is 896 g/mol. The molecular formula is C43H60N8O9S2. The predicted octanol–water partition coefficient (Wildman–Crippen LogP) is 5.23. The number of thiazole rings is 1. The Morgan fingerprint density at radius 1 is 1.08 bits per heavy atom. The maximum atomic E-state index is 14.7. The molecule has 4 aliphatic rings. The van der Waals surface area contributed by atoms with Crippen molar-refractivity contribution in [1.82, 2.24) is 33.8 Å². The van der Waals surface area contributed by atoms with Crippen LogP contribution < -0.4 is 19.7 Å². The molecule has 0 radical (unpaired) electrons. The molecule has 62 heavy (non-hydrogen) atoms. The minimum absolute atomic E-state index is 0.00241. The van der Waals surface area contributed by atoms with Crippen LogP contribution in [-0.2, 0) is 34.1 Å². The number of aromatic nitrogens is 3. The minimum atomic E-state index is -4.15. The topological polar surface area (TPSA) is 195 Å². The molecule has 1 aliphatic carbocycles. The van der Waals surface area contributed by atoms with Crippen molar-refractivity contribution in [2.75, 3.05) is 51.8 Å². The Hall–Kier alpha value is -4.59. The van der Waals surface area contributed by atoms with Crippen LogP contribution in [0.4, 0.5) is 9.93 Å². The molecule has 3 aliphatic heterocycles. The van der Waals surface area contributed by atoms with Crippen molar-refractivity contribution in [3.8, 4) is 17.3 Å². The third kappa shape index (κ3) is 9.95. The smallest absolute Gasteiger partial charge is 0.408 e. The van der Waals surface area contributed by atoms with Gasteiger partial charge in [-0.15, -0.1) is 11.3 Å². The van der Waals surface area contributed by atoms with Crippen LogP contribution in [0.3, 0.4) is 0 Å². The first-order valence-electron chi connectivity index (χ1n) is 21.6. The minimum Gasteiger partial charge on any atom is -0.459 e. The number of benzene rings is 1. The highest BCUT2D eigenvalue weighted by atomic mass is 32.2. The summed E-state index contributed by atoms with van der Waals surface area (Å²) in [6, 6.07) is 4.13. The number of hydrogen-bond acceptors (Lipinski definition) is 13. The van der Waals surface area contributed by atoms with Crippen LogP contribution in [0.2, 0.25) is 0 Å². The van der Waals surface area contributed by atoms with Gasteiger partial charge in [0.25, 0.3) is 6.01 Å². The maximum absolute atomic E-state index is 14.7. The molecule has 338 valence electrons. The van der Waals surface area contributed by atoms with Crippen LogP contribution in [0.15, 0.2) is 35.7 Å². The van der Waals surface area contributed by atoms with Crippen molar-refractivity contribution >= 4 is 61.4 Å². The summed E-state index contributed by atoms with van der Waals surface area (Å²) < 4.78 is 48.6. The van der Waals surface area contributed by atoms with Gasteiger partial charge in [-0.2, -0.15) is 17.7 Å². The van der Waals surface area contributed by atoms with Crippen LogP contribution in [0, 0.1) is 11.3 Å². The van der Waals surface area contributed by atoms with Gasteiger partial charge in [0, 0.05) is 57.0 Å². The summed E-state index contributed by atoms with van der Waals surface area (Å²) in [5, 5.41) is 5.73. The van der Waals surface area contributed by atoms with E-state index in [4.69, 9.17) is 24.2 Å². The third-order valence-corrected chi connectivity index (χ3v) is 14.2. The number of ether oxygens (including phenoxy) is 3. The Kier molecular flexibility index (Phi) is 13.4. The zero-order valence-electron chi connectivity index (χ0n) is 36.7. The van der Waals surface area contributed by atoms with E-state index >= 15 is 0 Å². The van der Waals surface area contributed by atoms with Crippen LogP contribution in [0.25, 0.3) is 22.3 Å². The molecule has 19 heteroatoms. The zero-order chi connectivity index (χ0) is 44.6. The number of carbonyl (C=O) groups excluding carboxylic acids is 4. The predicted molar refractivity (Wildman–Crippen MR) is 235 cm³/mol. The van der Waals surface area contributed by atoms with E-state index in [1.165, 1.54) is 19.0 Å². The summed E-state index contributed by atoms with van der Waals surface area (Å²) >= 11 is 1.57. The molecule has 0 spiro atoms. The van der Waals surface area contributed by atoms with Gasteiger partial charge in [0.2, 0.25) is 11.8 Å². The van der Waals surface area contributed by atoms with E-state index in [1.807, 2.05) is 54.1 Å². The Morgan fingerprint density at radius 2 is 1.84 bits per heavy atom. The van der Waals surface area contributed by atoms with Gasteiger partial charge >= 0.3 is 16.3 Å². The summed E-state index contributed by atoms with van der Waals surface area (Å²) in [6.07, 6.45) is 5.70. The Morgan fingerprint density at radius 3 is 2.55 bits per heavy atom. The fourth-order valence-electron chi connectivity index (χ4n) is 8.58. The molecule has 17 nitrogen and oxygen atoms in total. The summed E-state index contributed by atoms with van der Waals surface area (Å²) in [4.78, 5) is 70.2. The summed E-state index contributed by atoms with van der Waals surface area (Å²) in [5.41, 5.74) is 1.03. The largest absolute Gasteiger partial charge is 0.459 e. The second-order valence-electron chi connectivity index (χ2n) is 18.2. The molecule has 0 unspecified atom stereocenters. The van der Waals surface area contributed by atoms with Gasteiger partial charge in [-0.05, 0) is 72.3 Å². The summed E-state index contributed by atoms with van der Waals surface area (Å²) in [5.74, 6) is -1.99. The molecule has 2 saturated heterocycles. The lowest BCUT2D eigenvalue weighted by Gasteiger charge is -2.30. The van der Waals surface area contributed by atoms with Crippen LogP contribution in [0.1, 0.15) is 92.0 Å². The molecule has 5 heterocycles. The Balaban J connectivity index is 1.22. The SMILES string of the molecule is CC(C)n1c(O[C@@H]2C[C@H]3C(=O)C[C@]4(C(=O)NS(=O)(=O)N(C)C)C[C@H]4/C=C\CCCCC[C@H](NC(=O)OC(C)(C)C)C(=O)N3C2)nc2c(-c3csc(N4CCOCC4)n3)cccc21. The lowest BCUT2D eigenvalue weighted by molar-refractivity contribution is -0.140. The van der Waals surface area contributed by atoms with Crippen LogP contribution in [0.5, 0.6) is 6.01 Å². The van der Waals surface area contributed by atoms with E-state index in [9.17, 15) is 27.6 Å². The highest BCUT2D eigenvalue weighted by molar-refractivity contribution is 7.87. The fraction of sp³-hybridized carbons (Fsp3) is 0.628. The van der Waals surface area contributed by atoms with E-state index < -0.39 is 63.1 Å². The normalized spacial score (nSPS) is 25.8. The van der Waals surface area contributed by atoms with Gasteiger partial charge in [0.1, 0.15) is 23.3 Å². The molecule has 3 fully saturated rings. The lowest BCUT2D eigenvalue weighted by Crippen LogP contribution is -2.53. The Labute approximate surface area is 367 Å². The average molecular weight is 897 g/mol. The second-order valence-corrected chi connectivity index (χ2v) is 20.9. The number of imidazole rings is 1. The summed E-state index contributed by atoms with van der Waals surface area (Å²) in [6.45, 7) is 12.1.